The Morgan fingerprint density at radius 3 is 2.74 bits per heavy atom. The number of fused-ring (bicyclic) bond motifs is 1. The molecule has 0 saturated carbocycles. The van der Waals surface area contributed by atoms with Gasteiger partial charge in [-0.2, -0.15) is 9.50 Å². The van der Waals surface area contributed by atoms with E-state index >= 15 is 0 Å². The van der Waals surface area contributed by atoms with Gasteiger partial charge < -0.3 is 4.74 Å². The van der Waals surface area contributed by atoms with E-state index in [0.29, 0.717) is 11.6 Å². The number of pyridine rings is 1. The summed E-state index contributed by atoms with van der Waals surface area (Å²) in [7, 11) is 1.63. The molecule has 23 heavy (non-hydrogen) atoms. The number of benzene rings is 1. The van der Waals surface area contributed by atoms with E-state index < -0.39 is 0 Å². The highest BCUT2D eigenvalue weighted by molar-refractivity contribution is 5.67. The van der Waals surface area contributed by atoms with E-state index in [-0.39, 0.29) is 0 Å². The molecule has 3 heterocycles. The lowest BCUT2D eigenvalue weighted by molar-refractivity contribution is 0.416. The molecule has 0 spiro atoms. The van der Waals surface area contributed by atoms with Crippen LogP contribution in [0.2, 0.25) is 0 Å². The molecule has 112 valence electrons. The van der Waals surface area contributed by atoms with Crippen molar-refractivity contribution in [2.45, 2.75) is 0 Å². The van der Waals surface area contributed by atoms with Crippen LogP contribution in [0.4, 0.5) is 0 Å². The minimum Gasteiger partial charge on any atom is -0.496 e. The van der Waals surface area contributed by atoms with Gasteiger partial charge in [0.05, 0.1) is 18.4 Å². The molecule has 0 bridgehead atoms. The molecule has 0 radical (unpaired) electrons. The second kappa shape index (κ2) is 5.49. The van der Waals surface area contributed by atoms with E-state index in [1.807, 2.05) is 42.5 Å². The Bertz CT molecular complexity index is 965. The summed E-state index contributed by atoms with van der Waals surface area (Å²) in [6, 6.07) is 13.4. The van der Waals surface area contributed by atoms with Gasteiger partial charge in [0.25, 0.3) is 5.78 Å². The highest BCUT2D eigenvalue weighted by atomic mass is 16.5. The van der Waals surface area contributed by atoms with E-state index in [4.69, 9.17) is 4.74 Å². The van der Waals surface area contributed by atoms with E-state index in [1.54, 1.807) is 30.2 Å². The maximum Gasteiger partial charge on any atom is 0.253 e. The molecule has 4 aromatic rings. The zero-order chi connectivity index (χ0) is 15.6. The number of para-hydroxylation sites is 1. The second-order valence-electron chi connectivity index (χ2n) is 4.92. The van der Waals surface area contributed by atoms with Crippen molar-refractivity contribution in [3.63, 3.8) is 0 Å². The Labute approximate surface area is 132 Å². The first-order valence-corrected chi connectivity index (χ1v) is 7.12. The van der Waals surface area contributed by atoms with E-state index in [9.17, 15) is 0 Å². The lowest BCUT2D eigenvalue weighted by Gasteiger charge is -2.04. The molecule has 4 rings (SSSR count). The van der Waals surface area contributed by atoms with E-state index in [1.165, 1.54) is 0 Å². The zero-order valence-electron chi connectivity index (χ0n) is 12.4. The fourth-order valence-corrected chi connectivity index (χ4v) is 2.47. The van der Waals surface area contributed by atoms with Crippen molar-refractivity contribution in [2.75, 3.05) is 7.11 Å². The number of nitrogens with zero attached hydrogens (tertiary/aromatic N) is 5. The molecule has 3 aromatic heterocycles. The summed E-state index contributed by atoms with van der Waals surface area (Å²) in [4.78, 5) is 13.0. The summed E-state index contributed by atoms with van der Waals surface area (Å²) < 4.78 is 7.11. The highest BCUT2D eigenvalue weighted by Crippen LogP contribution is 2.28. The van der Waals surface area contributed by atoms with Crippen LogP contribution in [-0.2, 0) is 0 Å². The Hall–Kier alpha value is -3.28. The van der Waals surface area contributed by atoms with Crippen molar-refractivity contribution in [2.24, 2.45) is 0 Å². The van der Waals surface area contributed by atoms with Crippen LogP contribution in [0.1, 0.15) is 0 Å². The smallest absolute Gasteiger partial charge is 0.253 e. The lowest BCUT2D eigenvalue weighted by Crippen LogP contribution is -1.96. The van der Waals surface area contributed by atoms with Gasteiger partial charge in [-0.1, -0.05) is 12.1 Å². The summed E-state index contributed by atoms with van der Waals surface area (Å²) in [6.07, 6.45) is 5.25. The third-order valence-electron chi connectivity index (χ3n) is 3.55. The molecule has 0 atom stereocenters. The largest absolute Gasteiger partial charge is 0.496 e. The van der Waals surface area contributed by atoms with E-state index in [0.717, 1.165) is 22.6 Å². The molecule has 0 saturated heterocycles. The number of hydrogen-bond donors (Lipinski definition) is 0. The van der Waals surface area contributed by atoms with Gasteiger partial charge in [-0.15, -0.1) is 5.10 Å². The summed E-state index contributed by atoms with van der Waals surface area (Å²) in [6.45, 7) is 0. The van der Waals surface area contributed by atoms with Crippen molar-refractivity contribution in [3.8, 4) is 28.4 Å². The van der Waals surface area contributed by atoms with Crippen LogP contribution >= 0.6 is 0 Å². The van der Waals surface area contributed by atoms with Crippen LogP contribution in [0.3, 0.4) is 0 Å². The van der Waals surface area contributed by atoms with Gasteiger partial charge >= 0.3 is 0 Å². The van der Waals surface area contributed by atoms with Crippen LogP contribution in [0.5, 0.6) is 5.75 Å². The molecule has 0 unspecified atom stereocenters. The second-order valence-corrected chi connectivity index (χ2v) is 4.92. The van der Waals surface area contributed by atoms with Crippen molar-refractivity contribution < 1.29 is 4.74 Å². The maximum absolute atomic E-state index is 5.39. The zero-order valence-corrected chi connectivity index (χ0v) is 12.4. The molecule has 0 aliphatic rings. The maximum atomic E-state index is 5.39. The highest BCUT2D eigenvalue weighted by Gasteiger charge is 2.14. The molecule has 0 N–H and O–H groups in total. The van der Waals surface area contributed by atoms with Crippen LogP contribution in [0, 0.1) is 0 Å². The summed E-state index contributed by atoms with van der Waals surface area (Å²) in [5.74, 6) is 1.84. The first kappa shape index (κ1) is 13.4. The van der Waals surface area contributed by atoms with Crippen molar-refractivity contribution in [1.29, 1.82) is 0 Å². The Balaban J connectivity index is 1.92. The van der Waals surface area contributed by atoms with Gasteiger partial charge in [-0.3, -0.25) is 4.98 Å². The SMILES string of the molecule is COc1ccccc1-c1nc2nccc(-c3cccnc3)n2n1. The quantitative estimate of drug-likeness (QED) is 0.582. The van der Waals surface area contributed by atoms with Crippen LogP contribution < -0.4 is 4.74 Å². The molecule has 6 heteroatoms. The van der Waals surface area contributed by atoms with Gasteiger partial charge in [0, 0.05) is 24.2 Å². The third-order valence-corrected chi connectivity index (χ3v) is 3.55. The number of rotatable bonds is 3. The monoisotopic (exact) mass is 303 g/mol. The average molecular weight is 303 g/mol. The van der Waals surface area contributed by atoms with Crippen LogP contribution in [-0.4, -0.2) is 31.7 Å². The Morgan fingerprint density at radius 2 is 1.91 bits per heavy atom. The minimum atomic E-state index is 0.534. The lowest BCUT2D eigenvalue weighted by atomic mass is 10.2. The molecule has 0 aliphatic heterocycles. The topological polar surface area (TPSA) is 65.2 Å². The average Bonchev–Trinajstić information content (AvgIpc) is 3.06. The molecular formula is C17H13N5O. The Morgan fingerprint density at radius 1 is 1.00 bits per heavy atom. The van der Waals surface area contributed by atoms with E-state index in [2.05, 4.69) is 20.1 Å². The fraction of sp³-hybridized carbons (Fsp3) is 0.0588. The number of hydrogen-bond acceptors (Lipinski definition) is 5. The predicted octanol–water partition coefficient (Wildman–Crippen LogP) is 2.86. The number of ether oxygens (including phenoxy) is 1. The normalized spacial score (nSPS) is 10.8. The number of aromatic nitrogens is 5. The Kier molecular flexibility index (Phi) is 3.20. The van der Waals surface area contributed by atoms with Gasteiger partial charge in [0.15, 0.2) is 5.82 Å². The molecule has 0 aliphatic carbocycles. The minimum absolute atomic E-state index is 0.534. The first-order valence-electron chi connectivity index (χ1n) is 7.12. The van der Waals surface area contributed by atoms with Crippen LogP contribution in [0.25, 0.3) is 28.4 Å². The summed E-state index contributed by atoms with van der Waals surface area (Å²) >= 11 is 0. The molecular weight excluding hydrogens is 290 g/mol. The summed E-state index contributed by atoms with van der Waals surface area (Å²) in [5.41, 5.74) is 2.67. The standard InChI is InChI=1S/C17H13N5O/c1-23-15-7-3-2-6-13(15)16-20-17-19-10-8-14(22(17)21-16)12-5-4-9-18-11-12/h2-11H,1H3. The van der Waals surface area contributed by atoms with Crippen molar-refractivity contribution in [1.82, 2.24) is 24.6 Å². The van der Waals surface area contributed by atoms with Gasteiger partial charge in [0.2, 0.25) is 0 Å². The van der Waals surface area contributed by atoms with Gasteiger partial charge in [-0.05, 0) is 30.3 Å². The summed E-state index contributed by atoms with van der Waals surface area (Å²) in [5, 5.41) is 4.60. The number of methoxy groups -OCH3 is 1. The third kappa shape index (κ3) is 2.30. The van der Waals surface area contributed by atoms with Crippen molar-refractivity contribution >= 4 is 5.78 Å². The van der Waals surface area contributed by atoms with Crippen molar-refractivity contribution in [3.05, 3.63) is 61.1 Å². The molecule has 1 aromatic carbocycles. The molecule has 0 amide bonds. The predicted molar refractivity (Wildman–Crippen MR) is 86.0 cm³/mol. The van der Waals surface area contributed by atoms with Crippen LogP contribution in [0.15, 0.2) is 61.1 Å². The van der Waals surface area contributed by atoms with Gasteiger partial charge in [-0.25, -0.2) is 4.98 Å². The first-order chi connectivity index (χ1) is 11.4. The van der Waals surface area contributed by atoms with Gasteiger partial charge in [0.1, 0.15) is 5.75 Å². The molecule has 0 fully saturated rings. The fourth-order valence-electron chi connectivity index (χ4n) is 2.47. The molecule has 6 nitrogen and oxygen atoms in total.